The van der Waals surface area contributed by atoms with Crippen LogP contribution in [0.3, 0.4) is 0 Å². The van der Waals surface area contributed by atoms with Crippen molar-refractivity contribution in [3.63, 3.8) is 0 Å². The van der Waals surface area contributed by atoms with Crippen molar-refractivity contribution in [3.8, 4) is 5.69 Å². The Balaban J connectivity index is 1.77. The SMILES string of the molecule is CC(C)c1nn(-c2ccccc2)c(N(C)C)c1CN(CC1CC1)C(=O)c1cccc(F)c1. The summed E-state index contributed by atoms with van der Waals surface area (Å²) in [6.07, 6.45) is 2.27. The normalized spacial score (nSPS) is 13.4. The van der Waals surface area contributed by atoms with E-state index in [0.717, 1.165) is 35.6 Å². The maximum atomic E-state index is 13.8. The average molecular weight is 435 g/mol. The lowest BCUT2D eigenvalue weighted by molar-refractivity contribution is 0.0734. The summed E-state index contributed by atoms with van der Waals surface area (Å²) < 4.78 is 15.8. The van der Waals surface area contributed by atoms with Gasteiger partial charge in [0, 0.05) is 31.8 Å². The summed E-state index contributed by atoms with van der Waals surface area (Å²) in [5.74, 6) is 1.15. The molecule has 1 amide bonds. The highest BCUT2D eigenvalue weighted by Crippen LogP contribution is 2.35. The zero-order valence-corrected chi connectivity index (χ0v) is 19.3. The van der Waals surface area contributed by atoms with E-state index in [1.54, 1.807) is 12.1 Å². The van der Waals surface area contributed by atoms with Gasteiger partial charge in [0.15, 0.2) is 0 Å². The number of para-hydroxylation sites is 1. The van der Waals surface area contributed by atoms with E-state index in [4.69, 9.17) is 5.10 Å². The standard InChI is InChI=1S/C26H31FN4O/c1-18(2)24-23(25(29(3)4)31(28-24)22-11-6-5-7-12-22)17-30(16-19-13-14-19)26(32)20-9-8-10-21(27)15-20/h5-12,15,18-19H,13-14,16-17H2,1-4H3. The average Bonchev–Trinajstić information content (AvgIpc) is 3.50. The number of nitrogens with zero attached hydrogens (tertiary/aromatic N) is 4. The maximum Gasteiger partial charge on any atom is 0.254 e. The molecule has 0 bridgehead atoms. The van der Waals surface area contributed by atoms with Gasteiger partial charge < -0.3 is 9.80 Å². The van der Waals surface area contributed by atoms with Crippen LogP contribution < -0.4 is 4.90 Å². The maximum absolute atomic E-state index is 13.8. The summed E-state index contributed by atoms with van der Waals surface area (Å²) in [6, 6.07) is 16.0. The number of anilines is 1. The minimum absolute atomic E-state index is 0.136. The number of aromatic nitrogens is 2. The van der Waals surface area contributed by atoms with Crippen molar-refractivity contribution in [1.82, 2.24) is 14.7 Å². The number of carbonyl (C=O) groups excluding carboxylic acids is 1. The second kappa shape index (κ2) is 9.15. The van der Waals surface area contributed by atoms with Crippen LogP contribution in [-0.4, -0.2) is 41.2 Å². The van der Waals surface area contributed by atoms with Crippen LogP contribution in [-0.2, 0) is 6.54 Å². The Bertz CT molecular complexity index is 1090. The first-order chi connectivity index (χ1) is 15.3. The van der Waals surface area contributed by atoms with Crippen LogP contribution >= 0.6 is 0 Å². The largest absolute Gasteiger partial charge is 0.362 e. The van der Waals surface area contributed by atoms with Gasteiger partial charge in [-0.25, -0.2) is 9.07 Å². The molecule has 1 fully saturated rings. The fraction of sp³-hybridized carbons (Fsp3) is 0.385. The van der Waals surface area contributed by atoms with Gasteiger partial charge in [0.2, 0.25) is 0 Å². The molecule has 0 spiro atoms. The fourth-order valence-corrected chi connectivity index (χ4v) is 4.11. The van der Waals surface area contributed by atoms with E-state index in [-0.39, 0.29) is 11.8 Å². The van der Waals surface area contributed by atoms with Crippen LogP contribution in [0.25, 0.3) is 5.69 Å². The third-order valence-electron chi connectivity index (χ3n) is 5.84. The summed E-state index contributed by atoms with van der Waals surface area (Å²) in [5.41, 5.74) is 3.39. The molecule has 4 rings (SSSR count). The molecule has 168 valence electrons. The Hall–Kier alpha value is -3.15. The van der Waals surface area contributed by atoms with Crippen LogP contribution in [0.1, 0.15) is 54.2 Å². The molecule has 1 aromatic heterocycles. The van der Waals surface area contributed by atoms with Gasteiger partial charge in [-0.2, -0.15) is 5.10 Å². The second-order valence-electron chi connectivity index (χ2n) is 9.12. The van der Waals surface area contributed by atoms with E-state index in [9.17, 15) is 9.18 Å². The molecule has 1 aliphatic carbocycles. The smallest absolute Gasteiger partial charge is 0.254 e. The highest BCUT2D eigenvalue weighted by Gasteiger charge is 2.31. The van der Waals surface area contributed by atoms with Gasteiger partial charge in [-0.05, 0) is 55.0 Å². The number of benzene rings is 2. The van der Waals surface area contributed by atoms with E-state index in [1.165, 1.54) is 12.1 Å². The zero-order valence-electron chi connectivity index (χ0n) is 19.3. The number of hydrogen-bond donors (Lipinski definition) is 0. The summed E-state index contributed by atoms with van der Waals surface area (Å²) in [5, 5.41) is 4.97. The summed E-state index contributed by atoms with van der Waals surface area (Å²) in [6.45, 7) is 5.37. The first-order valence-electron chi connectivity index (χ1n) is 11.2. The number of hydrogen-bond acceptors (Lipinski definition) is 3. The highest BCUT2D eigenvalue weighted by atomic mass is 19.1. The molecule has 0 aliphatic heterocycles. The molecule has 0 saturated heterocycles. The third-order valence-corrected chi connectivity index (χ3v) is 5.84. The summed E-state index contributed by atoms with van der Waals surface area (Å²) in [4.78, 5) is 17.4. The summed E-state index contributed by atoms with van der Waals surface area (Å²) >= 11 is 0. The van der Waals surface area contributed by atoms with Crippen LogP contribution in [0.5, 0.6) is 0 Å². The van der Waals surface area contributed by atoms with Crippen molar-refractivity contribution in [2.24, 2.45) is 5.92 Å². The third kappa shape index (κ3) is 4.69. The van der Waals surface area contributed by atoms with Gasteiger partial charge in [-0.15, -0.1) is 0 Å². The molecule has 0 atom stereocenters. The van der Waals surface area contributed by atoms with Crippen molar-refractivity contribution in [2.75, 3.05) is 25.5 Å². The van der Waals surface area contributed by atoms with Crippen LogP contribution in [0.4, 0.5) is 10.2 Å². The molecule has 0 radical (unpaired) electrons. The first kappa shape index (κ1) is 22.1. The molecule has 1 heterocycles. The topological polar surface area (TPSA) is 41.4 Å². The van der Waals surface area contributed by atoms with Crippen LogP contribution in [0.15, 0.2) is 54.6 Å². The van der Waals surface area contributed by atoms with Gasteiger partial charge in [0.1, 0.15) is 11.6 Å². The van der Waals surface area contributed by atoms with Crippen LogP contribution in [0, 0.1) is 11.7 Å². The van der Waals surface area contributed by atoms with Gasteiger partial charge in [-0.1, -0.05) is 38.1 Å². The quantitative estimate of drug-likeness (QED) is 0.486. The van der Waals surface area contributed by atoms with E-state index in [2.05, 4.69) is 18.7 Å². The molecule has 6 heteroatoms. The van der Waals surface area contributed by atoms with Crippen molar-refractivity contribution in [1.29, 1.82) is 0 Å². The van der Waals surface area contributed by atoms with Crippen molar-refractivity contribution in [2.45, 2.75) is 39.2 Å². The van der Waals surface area contributed by atoms with Crippen LogP contribution in [0.2, 0.25) is 0 Å². The molecular weight excluding hydrogens is 403 g/mol. The number of rotatable bonds is 8. The summed E-state index contributed by atoms with van der Waals surface area (Å²) in [7, 11) is 4.01. The van der Waals surface area contributed by atoms with E-state index < -0.39 is 5.82 Å². The lowest BCUT2D eigenvalue weighted by atomic mass is 10.0. The van der Waals surface area contributed by atoms with Crippen molar-refractivity contribution < 1.29 is 9.18 Å². The first-order valence-corrected chi connectivity index (χ1v) is 11.2. The molecule has 5 nitrogen and oxygen atoms in total. The Morgan fingerprint density at radius 3 is 2.44 bits per heavy atom. The number of halogens is 1. The molecule has 1 saturated carbocycles. The predicted octanol–water partition coefficient (Wildman–Crippen LogP) is 5.25. The zero-order chi connectivity index (χ0) is 22.8. The van der Waals surface area contributed by atoms with Crippen molar-refractivity contribution in [3.05, 3.63) is 77.2 Å². The molecule has 1 aliphatic rings. The van der Waals surface area contributed by atoms with E-state index in [0.29, 0.717) is 24.6 Å². The molecule has 32 heavy (non-hydrogen) atoms. The lowest BCUT2D eigenvalue weighted by Crippen LogP contribution is -2.33. The Kier molecular flexibility index (Phi) is 6.31. The molecule has 0 N–H and O–H groups in total. The van der Waals surface area contributed by atoms with Gasteiger partial charge in [0.25, 0.3) is 5.91 Å². The molecular formula is C26H31FN4O. The molecule has 3 aromatic rings. The lowest BCUT2D eigenvalue weighted by Gasteiger charge is -2.25. The monoisotopic (exact) mass is 434 g/mol. The molecule has 2 aromatic carbocycles. The fourth-order valence-electron chi connectivity index (χ4n) is 4.11. The minimum atomic E-state index is -0.393. The number of amides is 1. The van der Waals surface area contributed by atoms with E-state index in [1.807, 2.05) is 54.0 Å². The minimum Gasteiger partial charge on any atom is -0.362 e. The Labute approximate surface area is 189 Å². The van der Waals surface area contributed by atoms with Gasteiger partial charge >= 0.3 is 0 Å². The Morgan fingerprint density at radius 2 is 1.84 bits per heavy atom. The second-order valence-corrected chi connectivity index (χ2v) is 9.12. The van der Waals surface area contributed by atoms with Gasteiger partial charge in [0.05, 0.1) is 17.9 Å². The van der Waals surface area contributed by atoms with Crippen molar-refractivity contribution >= 4 is 11.7 Å². The Morgan fingerprint density at radius 1 is 1.12 bits per heavy atom. The number of carbonyl (C=O) groups is 1. The van der Waals surface area contributed by atoms with E-state index >= 15 is 0 Å². The van der Waals surface area contributed by atoms with Gasteiger partial charge in [-0.3, -0.25) is 4.79 Å². The molecule has 0 unspecified atom stereocenters. The predicted molar refractivity (Wildman–Crippen MR) is 126 cm³/mol. The highest BCUT2D eigenvalue weighted by molar-refractivity contribution is 5.94.